The predicted molar refractivity (Wildman–Crippen MR) is 116 cm³/mol. The van der Waals surface area contributed by atoms with Gasteiger partial charge < -0.3 is 10.6 Å². The lowest BCUT2D eigenvalue weighted by atomic mass is 9.78. The van der Waals surface area contributed by atoms with Crippen molar-refractivity contribution < 1.29 is 9.59 Å². The number of rotatable bonds is 2. The lowest BCUT2D eigenvalue weighted by Gasteiger charge is -2.34. The second-order valence-corrected chi connectivity index (χ2v) is 8.83. The van der Waals surface area contributed by atoms with Gasteiger partial charge in [-0.1, -0.05) is 33.1 Å². The minimum Gasteiger partial charge on any atom is -0.345 e. The van der Waals surface area contributed by atoms with Crippen LogP contribution in [0.5, 0.6) is 0 Å². The normalized spacial score (nSPS) is 24.0. The molecule has 7 nitrogen and oxygen atoms in total. The number of amides is 2. The molecule has 1 saturated carbocycles. The van der Waals surface area contributed by atoms with E-state index >= 15 is 0 Å². The summed E-state index contributed by atoms with van der Waals surface area (Å²) in [5.74, 6) is 0.373. The molecule has 1 aromatic carbocycles. The fourth-order valence-corrected chi connectivity index (χ4v) is 4.70. The molecule has 4 rings (SSSR count). The van der Waals surface area contributed by atoms with E-state index in [2.05, 4.69) is 29.5 Å². The monoisotopic (exact) mass is 410 g/mol. The van der Waals surface area contributed by atoms with Crippen molar-refractivity contribution in [2.75, 3.05) is 5.32 Å². The van der Waals surface area contributed by atoms with E-state index in [4.69, 9.17) is 0 Å². The summed E-state index contributed by atoms with van der Waals surface area (Å²) in [5, 5.41) is 5.99. The first kappa shape index (κ1) is 20.6. The van der Waals surface area contributed by atoms with Gasteiger partial charge in [0.05, 0.1) is 10.9 Å². The molecule has 160 valence electrons. The molecule has 0 radical (unpaired) electrons. The number of benzene rings is 1. The molecular formula is C23H30N4O3. The van der Waals surface area contributed by atoms with Crippen molar-refractivity contribution >= 4 is 28.4 Å². The van der Waals surface area contributed by atoms with Crippen LogP contribution in [0.1, 0.15) is 58.2 Å². The molecule has 0 bridgehead atoms. The second kappa shape index (κ2) is 8.58. The Kier molecular flexibility index (Phi) is 5.88. The van der Waals surface area contributed by atoms with Gasteiger partial charge in [0.15, 0.2) is 0 Å². The molecule has 2 heterocycles. The highest BCUT2D eigenvalue weighted by molar-refractivity contribution is 6.39. The maximum Gasteiger partial charge on any atom is 0.313 e. The lowest BCUT2D eigenvalue weighted by molar-refractivity contribution is -0.137. The van der Waals surface area contributed by atoms with Crippen molar-refractivity contribution in [3.05, 3.63) is 34.4 Å². The van der Waals surface area contributed by atoms with Gasteiger partial charge in [-0.3, -0.25) is 19.0 Å². The Balaban J connectivity index is 1.50. The highest BCUT2D eigenvalue weighted by Crippen LogP contribution is 2.29. The first-order valence-corrected chi connectivity index (χ1v) is 11.1. The summed E-state index contributed by atoms with van der Waals surface area (Å²) < 4.78 is 1.75. The summed E-state index contributed by atoms with van der Waals surface area (Å²) in [4.78, 5) is 42.5. The standard InChI is InChI=1S/C23H30N4O3/c1-14-7-6-8-18(15(14)2)26-22(29)21(28)24-16-10-11-19-17(13-16)23(30)27-12-5-3-4-9-20(27)25-19/h10-11,13-15,18H,3-9,12H2,1-2H3,(H,24,28)(H,26,29)/t14-,15+,18+/m1/s1. The van der Waals surface area contributed by atoms with Crippen LogP contribution in [0.4, 0.5) is 5.69 Å². The van der Waals surface area contributed by atoms with Crippen molar-refractivity contribution in [2.24, 2.45) is 11.8 Å². The number of nitrogens with one attached hydrogen (secondary N) is 2. The quantitative estimate of drug-likeness (QED) is 0.745. The number of aromatic nitrogens is 2. The summed E-state index contributed by atoms with van der Waals surface area (Å²) in [5.41, 5.74) is 0.976. The van der Waals surface area contributed by atoms with Gasteiger partial charge in [0.25, 0.3) is 5.56 Å². The Hall–Kier alpha value is -2.70. The molecule has 1 aromatic heterocycles. The van der Waals surface area contributed by atoms with Gasteiger partial charge in [-0.15, -0.1) is 0 Å². The Labute approximate surface area is 176 Å². The molecule has 30 heavy (non-hydrogen) atoms. The fraction of sp³-hybridized carbons (Fsp3) is 0.565. The number of hydrogen-bond donors (Lipinski definition) is 2. The van der Waals surface area contributed by atoms with Crippen molar-refractivity contribution in [2.45, 2.75) is 71.4 Å². The molecule has 2 aliphatic rings. The van der Waals surface area contributed by atoms with E-state index in [1.54, 1.807) is 22.8 Å². The summed E-state index contributed by atoms with van der Waals surface area (Å²) in [6.07, 6.45) is 7.02. The van der Waals surface area contributed by atoms with Gasteiger partial charge in [-0.05, 0) is 49.3 Å². The number of aryl methyl sites for hydroxylation is 1. The predicted octanol–water partition coefficient (Wildman–Crippen LogP) is 3.00. The van der Waals surface area contributed by atoms with Crippen LogP contribution >= 0.6 is 0 Å². The summed E-state index contributed by atoms with van der Waals surface area (Å²) in [6, 6.07) is 5.08. The highest BCUT2D eigenvalue weighted by Gasteiger charge is 2.29. The smallest absolute Gasteiger partial charge is 0.313 e. The third kappa shape index (κ3) is 4.11. The molecule has 2 aromatic rings. The SMILES string of the molecule is C[C@H]1[C@H](C)CCC[C@@H]1NC(=O)C(=O)Nc1ccc2nc3n(c(=O)c2c1)CCCCC3. The molecular weight excluding hydrogens is 380 g/mol. The zero-order valence-corrected chi connectivity index (χ0v) is 17.7. The van der Waals surface area contributed by atoms with E-state index < -0.39 is 11.8 Å². The van der Waals surface area contributed by atoms with E-state index in [0.29, 0.717) is 35.0 Å². The minimum atomic E-state index is -0.706. The van der Waals surface area contributed by atoms with Crippen molar-refractivity contribution in [1.82, 2.24) is 14.9 Å². The molecule has 2 N–H and O–H groups in total. The molecule has 0 spiro atoms. The summed E-state index contributed by atoms with van der Waals surface area (Å²) >= 11 is 0. The van der Waals surface area contributed by atoms with E-state index in [0.717, 1.165) is 50.8 Å². The molecule has 1 fully saturated rings. The van der Waals surface area contributed by atoms with Gasteiger partial charge in [0.1, 0.15) is 5.82 Å². The van der Waals surface area contributed by atoms with Crippen LogP contribution in [0.3, 0.4) is 0 Å². The number of carbonyl (C=O) groups excluding carboxylic acids is 2. The van der Waals surface area contributed by atoms with Crippen LogP contribution in [0.25, 0.3) is 10.9 Å². The van der Waals surface area contributed by atoms with E-state index in [1.165, 1.54) is 0 Å². The molecule has 2 amide bonds. The van der Waals surface area contributed by atoms with E-state index in [9.17, 15) is 14.4 Å². The topological polar surface area (TPSA) is 93.1 Å². The third-order valence-corrected chi connectivity index (χ3v) is 6.80. The van der Waals surface area contributed by atoms with Crippen LogP contribution in [0.2, 0.25) is 0 Å². The van der Waals surface area contributed by atoms with Crippen LogP contribution in [-0.4, -0.2) is 27.4 Å². The minimum absolute atomic E-state index is 0.0212. The lowest BCUT2D eigenvalue weighted by Crippen LogP contribution is -2.47. The molecule has 1 aliphatic carbocycles. The van der Waals surface area contributed by atoms with Crippen LogP contribution in [0.15, 0.2) is 23.0 Å². The first-order valence-electron chi connectivity index (χ1n) is 11.1. The largest absolute Gasteiger partial charge is 0.345 e. The number of hydrogen-bond acceptors (Lipinski definition) is 4. The fourth-order valence-electron chi connectivity index (χ4n) is 4.70. The molecule has 3 atom stereocenters. The summed E-state index contributed by atoms with van der Waals surface area (Å²) in [7, 11) is 0. The van der Waals surface area contributed by atoms with Crippen molar-refractivity contribution in [3.8, 4) is 0 Å². The summed E-state index contributed by atoms with van der Waals surface area (Å²) in [6.45, 7) is 4.98. The van der Waals surface area contributed by atoms with Crippen LogP contribution in [-0.2, 0) is 22.6 Å². The number of anilines is 1. The first-order chi connectivity index (χ1) is 14.4. The number of fused-ring (bicyclic) bond motifs is 2. The van der Waals surface area contributed by atoms with Gasteiger partial charge in [0, 0.05) is 24.7 Å². The highest BCUT2D eigenvalue weighted by atomic mass is 16.2. The molecule has 7 heteroatoms. The second-order valence-electron chi connectivity index (χ2n) is 8.83. The number of carbonyl (C=O) groups is 2. The Bertz CT molecular complexity index is 1030. The molecule has 0 saturated heterocycles. The maximum atomic E-state index is 13.0. The Morgan fingerprint density at radius 2 is 1.90 bits per heavy atom. The molecule has 0 unspecified atom stereocenters. The van der Waals surface area contributed by atoms with Crippen molar-refractivity contribution in [3.63, 3.8) is 0 Å². The van der Waals surface area contributed by atoms with Crippen LogP contribution < -0.4 is 16.2 Å². The molecule has 1 aliphatic heterocycles. The zero-order chi connectivity index (χ0) is 21.3. The van der Waals surface area contributed by atoms with E-state index in [1.807, 2.05) is 0 Å². The van der Waals surface area contributed by atoms with Crippen LogP contribution in [0, 0.1) is 11.8 Å². The maximum absolute atomic E-state index is 13.0. The van der Waals surface area contributed by atoms with E-state index in [-0.39, 0.29) is 11.6 Å². The van der Waals surface area contributed by atoms with Crippen molar-refractivity contribution in [1.29, 1.82) is 0 Å². The average Bonchev–Trinajstić information content (AvgIpc) is 2.97. The van der Waals surface area contributed by atoms with Gasteiger partial charge >= 0.3 is 11.8 Å². The van der Waals surface area contributed by atoms with Gasteiger partial charge in [0.2, 0.25) is 0 Å². The van der Waals surface area contributed by atoms with Gasteiger partial charge in [-0.25, -0.2) is 4.98 Å². The average molecular weight is 411 g/mol. The number of nitrogens with zero attached hydrogens (tertiary/aromatic N) is 2. The Morgan fingerprint density at radius 1 is 1.07 bits per heavy atom. The zero-order valence-electron chi connectivity index (χ0n) is 17.7. The Morgan fingerprint density at radius 3 is 2.73 bits per heavy atom. The van der Waals surface area contributed by atoms with Gasteiger partial charge in [-0.2, -0.15) is 0 Å². The third-order valence-electron chi connectivity index (χ3n) is 6.80.